The molecule has 7 heteroatoms. The minimum Gasteiger partial charge on any atom is -0.461 e. The van der Waals surface area contributed by atoms with Crippen LogP contribution in [-0.4, -0.2) is 19.3 Å². The van der Waals surface area contributed by atoms with E-state index in [1.165, 1.54) is 33.8 Å². The highest BCUT2D eigenvalue weighted by Gasteiger charge is 2.20. The fraction of sp³-hybridized carbons (Fsp3) is 0.0455. The van der Waals surface area contributed by atoms with E-state index < -0.39 is 0 Å². The lowest BCUT2D eigenvalue weighted by atomic mass is 10.2. The van der Waals surface area contributed by atoms with Gasteiger partial charge in [0.15, 0.2) is 17.2 Å². The number of hydrogen-bond acceptors (Lipinski definition) is 4. The molecule has 2 aromatic carbocycles. The predicted octanol–water partition coefficient (Wildman–Crippen LogP) is 4.28. The minimum atomic E-state index is -0.351. The topological polar surface area (TPSA) is 65.8 Å². The Morgan fingerprint density at radius 3 is 2.55 bits per heavy atom. The fourth-order valence-corrected chi connectivity index (χ4v) is 3.32. The third-order valence-electron chi connectivity index (χ3n) is 4.67. The van der Waals surface area contributed by atoms with Crippen LogP contribution < -0.4 is 5.56 Å². The summed E-state index contributed by atoms with van der Waals surface area (Å²) in [5, 5.41) is 4.67. The molecule has 0 aliphatic rings. The molecular formula is C22H15FN4O2. The summed E-state index contributed by atoms with van der Waals surface area (Å²) in [6, 6.07) is 16.9. The summed E-state index contributed by atoms with van der Waals surface area (Å²) >= 11 is 0. The standard InChI is InChI=1S/C22H15FN4O2/c1-14-4-2-5-17(12-14)26-21(19-6-3-11-29-19)25-20-18(22(26)28)13-24-27(20)16-9-7-15(23)8-10-16/h2-13H,1H3. The first-order chi connectivity index (χ1) is 14.1. The molecule has 0 amide bonds. The predicted molar refractivity (Wildman–Crippen MR) is 107 cm³/mol. The van der Waals surface area contributed by atoms with Crippen LogP contribution in [0.1, 0.15) is 5.56 Å². The van der Waals surface area contributed by atoms with E-state index in [1.807, 2.05) is 31.2 Å². The average Bonchev–Trinajstić information content (AvgIpc) is 3.38. The summed E-state index contributed by atoms with van der Waals surface area (Å²) in [4.78, 5) is 18.1. The molecule has 5 rings (SSSR count). The number of halogens is 1. The molecule has 0 saturated carbocycles. The van der Waals surface area contributed by atoms with Crippen LogP contribution in [0.15, 0.2) is 82.3 Å². The smallest absolute Gasteiger partial charge is 0.269 e. The summed E-state index contributed by atoms with van der Waals surface area (Å²) in [5.74, 6) is 0.468. The minimum absolute atomic E-state index is 0.264. The normalized spacial score (nSPS) is 11.2. The third-order valence-corrected chi connectivity index (χ3v) is 4.67. The highest BCUT2D eigenvalue weighted by atomic mass is 19.1. The van der Waals surface area contributed by atoms with Gasteiger partial charge in [-0.3, -0.25) is 9.36 Å². The number of aryl methyl sites for hydroxylation is 1. The SMILES string of the molecule is Cc1cccc(-n2c(-c3ccco3)nc3c(cnn3-c3ccc(F)cc3)c2=O)c1. The van der Waals surface area contributed by atoms with Crippen molar-refractivity contribution in [1.29, 1.82) is 0 Å². The summed E-state index contributed by atoms with van der Waals surface area (Å²) < 4.78 is 21.9. The van der Waals surface area contributed by atoms with E-state index >= 15 is 0 Å². The molecular weight excluding hydrogens is 371 g/mol. The van der Waals surface area contributed by atoms with Gasteiger partial charge in [-0.15, -0.1) is 0 Å². The first kappa shape index (κ1) is 17.1. The Hall–Kier alpha value is -4.00. The number of hydrogen-bond donors (Lipinski definition) is 0. The van der Waals surface area contributed by atoms with Crippen molar-refractivity contribution in [3.05, 3.63) is 94.9 Å². The Labute approximate surface area is 164 Å². The second-order valence-corrected chi connectivity index (χ2v) is 6.66. The third kappa shape index (κ3) is 2.84. The zero-order valence-corrected chi connectivity index (χ0v) is 15.4. The number of furan rings is 1. The van der Waals surface area contributed by atoms with Gasteiger partial charge in [-0.1, -0.05) is 12.1 Å². The summed E-state index contributed by atoms with van der Waals surface area (Å²) in [7, 11) is 0. The van der Waals surface area contributed by atoms with Crippen LogP contribution in [0.25, 0.3) is 34.0 Å². The number of nitrogens with zero attached hydrogens (tertiary/aromatic N) is 4. The zero-order valence-electron chi connectivity index (χ0n) is 15.4. The molecule has 0 unspecified atom stereocenters. The van der Waals surface area contributed by atoms with Crippen molar-refractivity contribution in [3.63, 3.8) is 0 Å². The molecule has 6 nitrogen and oxygen atoms in total. The van der Waals surface area contributed by atoms with E-state index in [0.717, 1.165) is 5.56 Å². The van der Waals surface area contributed by atoms with E-state index in [9.17, 15) is 9.18 Å². The van der Waals surface area contributed by atoms with Crippen LogP contribution in [0.4, 0.5) is 4.39 Å². The largest absolute Gasteiger partial charge is 0.461 e. The molecule has 3 aromatic heterocycles. The summed E-state index contributed by atoms with van der Waals surface area (Å²) in [6.45, 7) is 1.96. The van der Waals surface area contributed by atoms with Crippen molar-refractivity contribution in [2.45, 2.75) is 6.92 Å². The molecule has 0 radical (unpaired) electrons. The average molecular weight is 386 g/mol. The lowest BCUT2D eigenvalue weighted by Crippen LogP contribution is -2.22. The molecule has 142 valence electrons. The van der Waals surface area contributed by atoms with Crippen molar-refractivity contribution >= 4 is 11.0 Å². The van der Waals surface area contributed by atoms with Gasteiger partial charge in [0, 0.05) is 0 Å². The molecule has 0 N–H and O–H groups in total. The Kier molecular flexibility index (Phi) is 3.87. The molecule has 0 spiro atoms. The Morgan fingerprint density at radius 1 is 1.00 bits per heavy atom. The first-order valence-electron chi connectivity index (χ1n) is 8.99. The van der Waals surface area contributed by atoms with Crippen LogP contribution in [0.2, 0.25) is 0 Å². The van der Waals surface area contributed by atoms with E-state index in [0.29, 0.717) is 34.0 Å². The number of aromatic nitrogens is 4. The van der Waals surface area contributed by atoms with Gasteiger partial charge in [-0.25, -0.2) is 14.1 Å². The highest BCUT2D eigenvalue weighted by Crippen LogP contribution is 2.24. The molecule has 29 heavy (non-hydrogen) atoms. The van der Waals surface area contributed by atoms with Gasteiger partial charge in [0.2, 0.25) is 0 Å². The Balaban J connectivity index is 1.84. The van der Waals surface area contributed by atoms with Gasteiger partial charge in [-0.05, 0) is 61.0 Å². The molecule has 0 atom stereocenters. The highest BCUT2D eigenvalue weighted by molar-refractivity contribution is 5.78. The number of rotatable bonds is 3. The molecule has 5 aromatic rings. The summed E-state index contributed by atoms with van der Waals surface area (Å²) in [5.41, 5.74) is 2.41. The van der Waals surface area contributed by atoms with Crippen molar-refractivity contribution in [1.82, 2.24) is 19.3 Å². The molecule has 0 saturated heterocycles. The molecule has 0 aliphatic heterocycles. The van der Waals surface area contributed by atoms with E-state index in [4.69, 9.17) is 9.40 Å². The monoisotopic (exact) mass is 386 g/mol. The maximum Gasteiger partial charge on any atom is 0.269 e. The van der Waals surface area contributed by atoms with Gasteiger partial charge >= 0.3 is 0 Å². The maximum atomic E-state index is 13.4. The Morgan fingerprint density at radius 2 is 1.83 bits per heavy atom. The van der Waals surface area contributed by atoms with E-state index in [2.05, 4.69) is 5.10 Å². The zero-order chi connectivity index (χ0) is 20.0. The van der Waals surface area contributed by atoms with Crippen LogP contribution in [-0.2, 0) is 0 Å². The second-order valence-electron chi connectivity index (χ2n) is 6.66. The van der Waals surface area contributed by atoms with Crippen molar-refractivity contribution in [3.8, 4) is 23.0 Å². The summed E-state index contributed by atoms with van der Waals surface area (Å²) in [6.07, 6.45) is 3.01. The quantitative estimate of drug-likeness (QED) is 0.464. The fourth-order valence-electron chi connectivity index (χ4n) is 3.32. The molecule has 3 heterocycles. The number of benzene rings is 2. The van der Waals surface area contributed by atoms with E-state index in [-0.39, 0.29) is 11.4 Å². The van der Waals surface area contributed by atoms with Gasteiger partial charge in [0.25, 0.3) is 5.56 Å². The molecule has 0 aliphatic carbocycles. The number of fused-ring (bicyclic) bond motifs is 1. The van der Waals surface area contributed by atoms with Gasteiger partial charge < -0.3 is 4.42 Å². The van der Waals surface area contributed by atoms with Crippen LogP contribution in [0.3, 0.4) is 0 Å². The van der Waals surface area contributed by atoms with Gasteiger partial charge in [0.1, 0.15) is 11.2 Å². The Bertz CT molecular complexity index is 1380. The van der Waals surface area contributed by atoms with Crippen LogP contribution in [0, 0.1) is 12.7 Å². The molecule has 0 bridgehead atoms. The lowest BCUT2D eigenvalue weighted by molar-refractivity contribution is 0.574. The van der Waals surface area contributed by atoms with Gasteiger partial charge in [-0.2, -0.15) is 5.10 Å². The van der Waals surface area contributed by atoms with Crippen LogP contribution in [0.5, 0.6) is 0 Å². The van der Waals surface area contributed by atoms with Crippen LogP contribution >= 0.6 is 0 Å². The maximum absolute atomic E-state index is 13.4. The van der Waals surface area contributed by atoms with Crippen molar-refractivity contribution in [2.75, 3.05) is 0 Å². The van der Waals surface area contributed by atoms with Crippen molar-refractivity contribution in [2.24, 2.45) is 0 Å². The van der Waals surface area contributed by atoms with Crippen molar-refractivity contribution < 1.29 is 8.81 Å². The molecule has 0 fully saturated rings. The second kappa shape index (κ2) is 6.56. The van der Waals surface area contributed by atoms with Gasteiger partial charge in [0.05, 0.1) is 23.8 Å². The lowest BCUT2D eigenvalue weighted by Gasteiger charge is -2.12. The van der Waals surface area contributed by atoms with E-state index in [1.54, 1.807) is 24.3 Å². The first-order valence-corrected chi connectivity index (χ1v) is 8.99.